The highest BCUT2D eigenvalue weighted by Crippen LogP contribution is 2.44. The molecule has 0 aliphatic heterocycles. The van der Waals surface area contributed by atoms with Crippen molar-refractivity contribution in [2.75, 3.05) is 4.90 Å². The van der Waals surface area contributed by atoms with Crippen molar-refractivity contribution in [3.05, 3.63) is 164 Å². The summed E-state index contributed by atoms with van der Waals surface area (Å²) in [6, 6.07) is 57.8. The summed E-state index contributed by atoms with van der Waals surface area (Å²) in [5, 5.41) is 4.52. The van der Waals surface area contributed by atoms with Crippen molar-refractivity contribution in [1.82, 2.24) is 0 Å². The second-order valence-electron chi connectivity index (χ2n) is 10.6. The van der Waals surface area contributed by atoms with Gasteiger partial charge in [0.15, 0.2) is 0 Å². The SMILES string of the molecule is c1ccc(-c2ccc(-c3cc(N(c4ccccc4)c4ccccc4)cc4c3oc3c5ccccc5ccc43)cc2)cc1. The van der Waals surface area contributed by atoms with Crippen molar-refractivity contribution < 1.29 is 4.42 Å². The van der Waals surface area contributed by atoms with Crippen LogP contribution in [0.2, 0.25) is 0 Å². The van der Waals surface area contributed by atoms with Crippen LogP contribution in [-0.2, 0) is 0 Å². The summed E-state index contributed by atoms with van der Waals surface area (Å²) < 4.78 is 6.79. The monoisotopic (exact) mass is 537 g/mol. The maximum atomic E-state index is 6.79. The first kappa shape index (κ1) is 24.2. The van der Waals surface area contributed by atoms with Gasteiger partial charge in [-0.1, -0.05) is 121 Å². The molecule has 0 radical (unpaired) electrons. The van der Waals surface area contributed by atoms with E-state index in [1.165, 1.54) is 16.5 Å². The molecular weight excluding hydrogens is 510 g/mol. The molecule has 0 atom stereocenters. The van der Waals surface area contributed by atoms with E-state index in [-0.39, 0.29) is 0 Å². The Morgan fingerprint density at radius 2 is 0.929 bits per heavy atom. The predicted molar refractivity (Wildman–Crippen MR) is 177 cm³/mol. The molecule has 0 unspecified atom stereocenters. The van der Waals surface area contributed by atoms with Gasteiger partial charge in [0.2, 0.25) is 0 Å². The van der Waals surface area contributed by atoms with Crippen molar-refractivity contribution in [2.24, 2.45) is 0 Å². The average molecular weight is 538 g/mol. The van der Waals surface area contributed by atoms with Crippen LogP contribution in [0.15, 0.2) is 168 Å². The largest absolute Gasteiger partial charge is 0.455 e. The van der Waals surface area contributed by atoms with Gasteiger partial charge >= 0.3 is 0 Å². The molecule has 0 fully saturated rings. The molecule has 0 N–H and O–H groups in total. The molecule has 0 spiro atoms. The maximum absolute atomic E-state index is 6.79. The third kappa shape index (κ3) is 4.13. The molecule has 8 aromatic rings. The van der Waals surface area contributed by atoms with Gasteiger partial charge in [-0.05, 0) is 64.5 Å². The molecule has 0 aliphatic rings. The summed E-state index contributed by atoms with van der Waals surface area (Å²) in [4.78, 5) is 2.32. The highest BCUT2D eigenvalue weighted by atomic mass is 16.3. The molecular formula is C40H27NO. The zero-order valence-corrected chi connectivity index (χ0v) is 22.9. The van der Waals surface area contributed by atoms with Gasteiger partial charge in [-0.3, -0.25) is 0 Å². The lowest BCUT2D eigenvalue weighted by Crippen LogP contribution is -2.09. The minimum Gasteiger partial charge on any atom is -0.455 e. The van der Waals surface area contributed by atoms with Gasteiger partial charge in [-0.25, -0.2) is 0 Å². The zero-order valence-electron chi connectivity index (χ0n) is 22.9. The summed E-state index contributed by atoms with van der Waals surface area (Å²) in [5.74, 6) is 0. The van der Waals surface area contributed by atoms with Gasteiger partial charge in [0.25, 0.3) is 0 Å². The minimum atomic E-state index is 0.902. The maximum Gasteiger partial charge on any atom is 0.143 e. The molecule has 0 aliphatic carbocycles. The lowest BCUT2D eigenvalue weighted by Gasteiger charge is -2.26. The first-order valence-corrected chi connectivity index (χ1v) is 14.3. The second kappa shape index (κ2) is 10.1. The van der Waals surface area contributed by atoms with Gasteiger partial charge in [-0.15, -0.1) is 0 Å². The quantitative estimate of drug-likeness (QED) is 0.217. The Balaban J connectivity index is 1.41. The normalized spacial score (nSPS) is 11.3. The predicted octanol–water partition coefficient (Wildman–Crippen LogP) is 11.5. The topological polar surface area (TPSA) is 16.4 Å². The fraction of sp³-hybridized carbons (Fsp3) is 0. The first-order valence-electron chi connectivity index (χ1n) is 14.3. The average Bonchev–Trinajstić information content (AvgIpc) is 3.45. The van der Waals surface area contributed by atoms with Gasteiger partial charge < -0.3 is 9.32 Å². The van der Waals surface area contributed by atoms with Crippen molar-refractivity contribution in [3.63, 3.8) is 0 Å². The van der Waals surface area contributed by atoms with Crippen molar-refractivity contribution in [2.45, 2.75) is 0 Å². The lowest BCUT2D eigenvalue weighted by molar-refractivity contribution is 0.674. The number of benzene rings is 7. The highest BCUT2D eigenvalue weighted by molar-refractivity contribution is 6.18. The molecule has 0 amide bonds. The standard InChI is InChI=1S/C40H27NO/c1-4-12-28(13-5-1)29-20-22-31(23-21-29)37-26-34(41(32-15-6-2-7-16-32)33-17-8-3-9-18-33)27-38-36-25-24-30-14-10-11-19-35(30)39(36)42-40(37)38/h1-27H. The molecule has 7 aromatic carbocycles. The van der Waals surface area contributed by atoms with E-state index in [9.17, 15) is 0 Å². The fourth-order valence-electron chi connectivity index (χ4n) is 6.01. The van der Waals surface area contributed by atoms with E-state index in [1.54, 1.807) is 0 Å². The zero-order chi connectivity index (χ0) is 27.9. The summed E-state index contributed by atoms with van der Waals surface area (Å²) in [6.45, 7) is 0. The van der Waals surface area contributed by atoms with Gasteiger partial charge in [0.05, 0.1) is 0 Å². The Kier molecular flexibility index (Phi) is 5.82. The number of furan rings is 1. The van der Waals surface area contributed by atoms with E-state index >= 15 is 0 Å². The van der Waals surface area contributed by atoms with Crippen LogP contribution in [0.3, 0.4) is 0 Å². The first-order chi connectivity index (χ1) is 20.8. The summed E-state index contributed by atoms with van der Waals surface area (Å²) in [6.07, 6.45) is 0. The molecule has 1 heterocycles. The van der Waals surface area contributed by atoms with Crippen LogP contribution in [0, 0.1) is 0 Å². The summed E-state index contributed by atoms with van der Waals surface area (Å²) >= 11 is 0. The summed E-state index contributed by atoms with van der Waals surface area (Å²) in [7, 11) is 0. The lowest BCUT2D eigenvalue weighted by atomic mass is 9.97. The third-order valence-electron chi connectivity index (χ3n) is 8.04. The highest BCUT2D eigenvalue weighted by Gasteiger charge is 2.20. The molecule has 0 saturated heterocycles. The number of fused-ring (bicyclic) bond motifs is 5. The van der Waals surface area contributed by atoms with Crippen LogP contribution in [0.1, 0.15) is 0 Å². The van der Waals surface area contributed by atoms with E-state index < -0.39 is 0 Å². The number of nitrogens with zero attached hydrogens (tertiary/aromatic N) is 1. The Bertz CT molecular complexity index is 2120. The van der Waals surface area contributed by atoms with Crippen LogP contribution in [0.25, 0.3) is 55.0 Å². The Hall–Kier alpha value is -5.60. The number of rotatable bonds is 5. The molecule has 1 aromatic heterocycles. The van der Waals surface area contributed by atoms with Crippen molar-refractivity contribution in [3.8, 4) is 22.3 Å². The molecule has 0 saturated carbocycles. The van der Waals surface area contributed by atoms with Gasteiger partial charge in [-0.2, -0.15) is 0 Å². The van der Waals surface area contributed by atoms with Gasteiger partial charge in [0.1, 0.15) is 11.2 Å². The van der Waals surface area contributed by atoms with E-state index in [0.717, 1.165) is 55.5 Å². The molecule has 2 heteroatoms. The van der Waals surface area contributed by atoms with Crippen LogP contribution >= 0.6 is 0 Å². The fourth-order valence-corrected chi connectivity index (χ4v) is 6.01. The second-order valence-corrected chi connectivity index (χ2v) is 10.6. The van der Waals surface area contributed by atoms with Crippen LogP contribution in [0.5, 0.6) is 0 Å². The minimum absolute atomic E-state index is 0.902. The van der Waals surface area contributed by atoms with E-state index in [0.29, 0.717) is 0 Å². The van der Waals surface area contributed by atoms with Gasteiger partial charge in [0, 0.05) is 38.8 Å². The summed E-state index contributed by atoms with van der Waals surface area (Å²) in [5.41, 5.74) is 9.70. The Morgan fingerprint density at radius 1 is 0.357 bits per heavy atom. The van der Waals surface area contributed by atoms with Crippen LogP contribution in [0.4, 0.5) is 17.1 Å². The third-order valence-corrected chi connectivity index (χ3v) is 8.04. The Morgan fingerprint density at radius 3 is 1.62 bits per heavy atom. The number of anilines is 3. The smallest absolute Gasteiger partial charge is 0.143 e. The van der Waals surface area contributed by atoms with E-state index in [1.807, 2.05) is 0 Å². The van der Waals surface area contributed by atoms with E-state index in [2.05, 4.69) is 169 Å². The number of para-hydroxylation sites is 2. The van der Waals surface area contributed by atoms with Crippen molar-refractivity contribution >= 4 is 49.8 Å². The number of hydrogen-bond donors (Lipinski definition) is 0. The van der Waals surface area contributed by atoms with E-state index in [4.69, 9.17) is 4.42 Å². The molecule has 0 bridgehead atoms. The molecule has 2 nitrogen and oxygen atoms in total. The van der Waals surface area contributed by atoms with Crippen molar-refractivity contribution in [1.29, 1.82) is 0 Å². The van der Waals surface area contributed by atoms with Crippen LogP contribution < -0.4 is 4.90 Å². The number of hydrogen-bond acceptors (Lipinski definition) is 2. The molecule has 42 heavy (non-hydrogen) atoms. The van der Waals surface area contributed by atoms with Crippen LogP contribution in [-0.4, -0.2) is 0 Å². The molecule has 198 valence electrons. The molecule has 8 rings (SSSR count). The Labute approximate surface area is 244 Å².